The molecule has 1 aromatic rings. The molecule has 6 nitrogen and oxygen atoms in total. The lowest BCUT2D eigenvalue weighted by molar-refractivity contribution is -0.137. The molecule has 2 heterocycles. The normalized spacial score (nSPS) is 21.9. The third-order valence-corrected chi connectivity index (χ3v) is 7.47. The number of nitrogens with zero attached hydrogens (tertiary/aromatic N) is 2. The molecular formula is C19H30ClN3O3S. The molecule has 0 radical (unpaired) electrons. The molecule has 2 fully saturated rings. The summed E-state index contributed by atoms with van der Waals surface area (Å²) in [6.45, 7) is 4.42. The van der Waals surface area contributed by atoms with Crippen LogP contribution in [0.4, 0.5) is 0 Å². The van der Waals surface area contributed by atoms with Gasteiger partial charge in [0, 0.05) is 38.1 Å². The number of hydrogen-bond donors (Lipinski definition) is 1. The molecule has 3 rings (SSSR count). The van der Waals surface area contributed by atoms with E-state index in [2.05, 4.69) is 5.32 Å². The largest absolute Gasteiger partial charge is 0.338 e. The second-order valence-corrected chi connectivity index (χ2v) is 9.31. The van der Waals surface area contributed by atoms with Crippen LogP contribution in [-0.4, -0.2) is 62.8 Å². The predicted molar refractivity (Wildman–Crippen MR) is 109 cm³/mol. The lowest BCUT2D eigenvalue weighted by atomic mass is 9.96. The highest BCUT2D eigenvalue weighted by molar-refractivity contribution is 7.89. The summed E-state index contributed by atoms with van der Waals surface area (Å²) in [6, 6.07) is 7.24. The van der Waals surface area contributed by atoms with Crippen molar-refractivity contribution in [2.75, 3.05) is 33.2 Å². The van der Waals surface area contributed by atoms with Crippen molar-refractivity contribution < 1.29 is 13.2 Å². The number of sulfonamides is 1. The molecule has 0 spiro atoms. The van der Waals surface area contributed by atoms with Gasteiger partial charge in [0.15, 0.2) is 0 Å². The highest BCUT2D eigenvalue weighted by Gasteiger charge is 2.36. The number of likely N-dealkylation sites (tertiary alicyclic amines) is 1. The lowest BCUT2D eigenvalue weighted by Crippen LogP contribution is -2.47. The predicted octanol–water partition coefficient (Wildman–Crippen LogP) is 2.03. The van der Waals surface area contributed by atoms with Gasteiger partial charge in [-0.05, 0) is 51.8 Å². The number of nitrogens with one attached hydrogen (secondary N) is 1. The van der Waals surface area contributed by atoms with Crippen molar-refractivity contribution in [3.8, 4) is 0 Å². The van der Waals surface area contributed by atoms with Crippen LogP contribution >= 0.6 is 12.4 Å². The highest BCUT2D eigenvalue weighted by Crippen LogP contribution is 2.28. The molecule has 0 saturated carbocycles. The van der Waals surface area contributed by atoms with Crippen molar-refractivity contribution in [3.05, 3.63) is 29.8 Å². The molecule has 2 aliphatic rings. The molecule has 2 saturated heterocycles. The fraction of sp³-hybridized carbons (Fsp3) is 0.632. The zero-order valence-corrected chi connectivity index (χ0v) is 17.7. The van der Waals surface area contributed by atoms with Gasteiger partial charge in [-0.1, -0.05) is 17.7 Å². The number of benzene rings is 1. The van der Waals surface area contributed by atoms with Crippen LogP contribution in [0.2, 0.25) is 0 Å². The van der Waals surface area contributed by atoms with Crippen molar-refractivity contribution >= 4 is 28.3 Å². The van der Waals surface area contributed by atoms with Crippen LogP contribution in [0.1, 0.15) is 31.2 Å². The van der Waals surface area contributed by atoms with Crippen molar-refractivity contribution in [3.63, 3.8) is 0 Å². The molecule has 8 heteroatoms. The van der Waals surface area contributed by atoms with Gasteiger partial charge in [0.1, 0.15) is 0 Å². The van der Waals surface area contributed by atoms with E-state index < -0.39 is 10.0 Å². The van der Waals surface area contributed by atoms with E-state index in [1.165, 1.54) is 4.31 Å². The molecule has 0 aliphatic carbocycles. The van der Waals surface area contributed by atoms with E-state index in [1.807, 2.05) is 31.0 Å². The topological polar surface area (TPSA) is 69.7 Å². The smallest absolute Gasteiger partial charge is 0.243 e. The maximum absolute atomic E-state index is 12.9. The Labute approximate surface area is 168 Å². The highest BCUT2D eigenvalue weighted by atomic mass is 35.5. The Kier molecular flexibility index (Phi) is 7.68. The third kappa shape index (κ3) is 4.83. The monoisotopic (exact) mass is 415 g/mol. The third-order valence-electron chi connectivity index (χ3n) is 5.56. The van der Waals surface area contributed by atoms with Gasteiger partial charge in [0.2, 0.25) is 15.9 Å². The van der Waals surface area contributed by atoms with Crippen LogP contribution in [0.15, 0.2) is 29.2 Å². The van der Waals surface area contributed by atoms with Gasteiger partial charge in [-0.15, -0.1) is 12.4 Å². The number of halogens is 1. The van der Waals surface area contributed by atoms with E-state index >= 15 is 0 Å². The summed E-state index contributed by atoms with van der Waals surface area (Å²) in [7, 11) is -1.56. The number of aryl methyl sites for hydroxylation is 1. The SMILES string of the molecule is CNCC1CCCN1C(=O)C1CCN(S(=O)(=O)c2ccc(C)cc2)CC1.Cl. The Balaban J connectivity index is 0.00000261. The van der Waals surface area contributed by atoms with E-state index in [-0.39, 0.29) is 30.3 Å². The van der Waals surface area contributed by atoms with Gasteiger partial charge >= 0.3 is 0 Å². The van der Waals surface area contributed by atoms with Gasteiger partial charge in [-0.25, -0.2) is 8.42 Å². The van der Waals surface area contributed by atoms with Crippen LogP contribution in [0.5, 0.6) is 0 Å². The molecule has 27 heavy (non-hydrogen) atoms. The average Bonchev–Trinajstić information content (AvgIpc) is 3.10. The summed E-state index contributed by atoms with van der Waals surface area (Å²) < 4.78 is 27.1. The summed E-state index contributed by atoms with van der Waals surface area (Å²) in [4.78, 5) is 15.2. The van der Waals surface area contributed by atoms with Crippen molar-refractivity contribution in [2.45, 2.75) is 43.5 Å². The molecule has 152 valence electrons. The Morgan fingerprint density at radius 1 is 1.11 bits per heavy atom. The fourth-order valence-corrected chi connectivity index (χ4v) is 5.48. The first-order valence-electron chi connectivity index (χ1n) is 9.45. The van der Waals surface area contributed by atoms with Crippen molar-refractivity contribution in [1.82, 2.24) is 14.5 Å². The Hall–Kier alpha value is -1.15. The number of carbonyl (C=O) groups excluding carboxylic acids is 1. The number of amides is 1. The fourth-order valence-electron chi connectivity index (χ4n) is 4.01. The van der Waals surface area contributed by atoms with Gasteiger partial charge in [0.25, 0.3) is 0 Å². The lowest BCUT2D eigenvalue weighted by Gasteiger charge is -2.34. The number of likely N-dealkylation sites (N-methyl/N-ethyl adjacent to an activating group) is 1. The Morgan fingerprint density at radius 2 is 1.74 bits per heavy atom. The maximum atomic E-state index is 12.9. The minimum absolute atomic E-state index is 0. The van der Waals surface area contributed by atoms with Gasteiger partial charge in [-0.3, -0.25) is 4.79 Å². The summed E-state index contributed by atoms with van der Waals surface area (Å²) in [5, 5.41) is 3.17. The second-order valence-electron chi connectivity index (χ2n) is 7.38. The zero-order valence-electron chi connectivity index (χ0n) is 16.1. The molecule has 1 aromatic carbocycles. The van der Waals surface area contributed by atoms with E-state index in [0.717, 1.165) is 31.5 Å². The first kappa shape index (κ1) is 22.1. The minimum atomic E-state index is -3.47. The first-order chi connectivity index (χ1) is 12.4. The Bertz CT molecular complexity index is 731. The van der Waals surface area contributed by atoms with Gasteiger partial charge in [-0.2, -0.15) is 4.31 Å². The second kappa shape index (κ2) is 9.37. The molecule has 2 aliphatic heterocycles. The van der Waals surface area contributed by atoms with E-state index in [0.29, 0.717) is 30.8 Å². The molecular weight excluding hydrogens is 386 g/mol. The molecule has 1 atom stereocenters. The summed E-state index contributed by atoms with van der Waals surface area (Å²) in [6.07, 6.45) is 3.31. The number of piperidine rings is 1. The standard InChI is InChI=1S/C19H29N3O3S.ClH/c1-15-5-7-18(8-6-15)26(24,25)21-12-9-16(10-13-21)19(23)22-11-3-4-17(22)14-20-2;/h5-8,16-17,20H,3-4,9-14H2,1-2H3;1H. The number of hydrogen-bond acceptors (Lipinski definition) is 4. The zero-order chi connectivity index (χ0) is 18.7. The van der Waals surface area contributed by atoms with Crippen molar-refractivity contribution in [2.24, 2.45) is 5.92 Å². The van der Waals surface area contributed by atoms with E-state index in [4.69, 9.17) is 0 Å². The molecule has 1 unspecified atom stereocenters. The molecule has 1 N–H and O–H groups in total. The number of rotatable bonds is 5. The van der Waals surface area contributed by atoms with Crippen LogP contribution in [0.25, 0.3) is 0 Å². The van der Waals surface area contributed by atoms with Crippen molar-refractivity contribution in [1.29, 1.82) is 0 Å². The Morgan fingerprint density at radius 3 is 2.33 bits per heavy atom. The van der Waals surface area contributed by atoms with Crippen LogP contribution in [-0.2, 0) is 14.8 Å². The quantitative estimate of drug-likeness (QED) is 0.798. The van der Waals surface area contributed by atoms with Gasteiger partial charge < -0.3 is 10.2 Å². The van der Waals surface area contributed by atoms with E-state index in [1.54, 1.807) is 12.1 Å². The van der Waals surface area contributed by atoms with E-state index in [9.17, 15) is 13.2 Å². The average molecular weight is 416 g/mol. The van der Waals surface area contributed by atoms with Gasteiger partial charge in [0.05, 0.1) is 4.90 Å². The summed E-state index contributed by atoms with van der Waals surface area (Å²) in [5.41, 5.74) is 1.04. The molecule has 0 bridgehead atoms. The first-order valence-corrected chi connectivity index (χ1v) is 10.9. The molecule has 0 aromatic heterocycles. The molecule has 1 amide bonds. The minimum Gasteiger partial charge on any atom is -0.338 e. The summed E-state index contributed by atoms with van der Waals surface area (Å²) >= 11 is 0. The summed E-state index contributed by atoms with van der Waals surface area (Å²) in [5.74, 6) is 0.145. The van der Waals surface area contributed by atoms with Crippen LogP contribution < -0.4 is 5.32 Å². The number of carbonyl (C=O) groups is 1. The maximum Gasteiger partial charge on any atom is 0.243 e. The van der Waals surface area contributed by atoms with Crippen LogP contribution in [0, 0.1) is 12.8 Å². The van der Waals surface area contributed by atoms with Crippen LogP contribution in [0.3, 0.4) is 0 Å².